The standard InChI is InChI=1S/C18H24N2O6S/c1-4-11-27(24,25)19-17(23)18(3)9-10-20(12-18)16(22)14-7-5-6-8-15(14)26-13(2)21/h5-8H,4,9-12H2,1-3H3,(H,19,23). The quantitative estimate of drug-likeness (QED) is 0.574. The van der Waals surface area contributed by atoms with E-state index >= 15 is 0 Å². The van der Waals surface area contributed by atoms with Crippen molar-refractivity contribution in [1.29, 1.82) is 0 Å². The molecular formula is C18H24N2O6S. The number of nitrogens with zero attached hydrogens (tertiary/aromatic N) is 1. The molecule has 27 heavy (non-hydrogen) atoms. The lowest BCUT2D eigenvalue weighted by Crippen LogP contribution is -2.44. The Labute approximate surface area is 158 Å². The average Bonchev–Trinajstić information content (AvgIpc) is 2.97. The zero-order valence-electron chi connectivity index (χ0n) is 15.6. The molecule has 0 aliphatic carbocycles. The van der Waals surface area contributed by atoms with E-state index in [4.69, 9.17) is 4.74 Å². The molecule has 0 radical (unpaired) electrons. The third kappa shape index (κ3) is 5.06. The topological polar surface area (TPSA) is 110 Å². The Hall–Kier alpha value is -2.42. The Morgan fingerprint density at radius 1 is 1.26 bits per heavy atom. The molecule has 1 N–H and O–H groups in total. The molecule has 1 atom stereocenters. The first-order chi connectivity index (χ1) is 12.6. The molecule has 0 spiro atoms. The molecule has 1 fully saturated rings. The second-order valence-electron chi connectivity index (χ2n) is 6.88. The van der Waals surface area contributed by atoms with Gasteiger partial charge in [0.1, 0.15) is 5.75 Å². The number of hydrogen-bond donors (Lipinski definition) is 1. The Kier molecular flexibility index (Phi) is 6.25. The van der Waals surface area contributed by atoms with Crippen molar-refractivity contribution >= 4 is 27.8 Å². The van der Waals surface area contributed by atoms with Gasteiger partial charge in [0.15, 0.2) is 0 Å². The van der Waals surface area contributed by atoms with E-state index in [0.717, 1.165) is 0 Å². The van der Waals surface area contributed by atoms with E-state index in [0.29, 0.717) is 19.4 Å². The number of carbonyl (C=O) groups excluding carboxylic acids is 3. The van der Waals surface area contributed by atoms with E-state index in [1.807, 2.05) is 0 Å². The molecule has 148 valence electrons. The summed E-state index contributed by atoms with van der Waals surface area (Å²) < 4.78 is 30.9. The van der Waals surface area contributed by atoms with Crippen molar-refractivity contribution in [2.75, 3.05) is 18.8 Å². The van der Waals surface area contributed by atoms with Crippen LogP contribution in [0.3, 0.4) is 0 Å². The van der Waals surface area contributed by atoms with E-state index in [2.05, 4.69) is 4.72 Å². The molecule has 0 bridgehead atoms. The van der Waals surface area contributed by atoms with E-state index in [-0.39, 0.29) is 29.5 Å². The van der Waals surface area contributed by atoms with E-state index in [1.165, 1.54) is 17.9 Å². The SMILES string of the molecule is CCCS(=O)(=O)NC(=O)C1(C)CCN(C(=O)c2ccccc2OC(C)=O)C1. The van der Waals surface area contributed by atoms with Gasteiger partial charge in [-0.15, -0.1) is 0 Å². The molecule has 0 saturated carbocycles. The summed E-state index contributed by atoms with van der Waals surface area (Å²) in [5.74, 6) is -1.51. The number of nitrogens with one attached hydrogen (secondary N) is 1. The number of esters is 1. The number of ether oxygens (including phenoxy) is 1. The molecule has 1 aromatic carbocycles. The van der Waals surface area contributed by atoms with Crippen molar-refractivity contribution in [3.8, 4) is 5.75 Å². The number of hydrogen-bond acceptors (Lipinski definition) is 6. The van der Waals surface area contributed by atoms with Crippen LogP contribution in [0.1, 0.15) is 44.0 Å². The number of likely N-dealkylation sites (tertiary alicyclic amines) is 1. The number of benzene rings is 1. The van der Waals surface area contributed by atoms with E-state index in [9.17, 15) is 22.8 Å². The highest BCUT2D eigenvalue weighted by molar-refractivity contribution is 7.90. The van der Waals surface area contributed by atoms with Crippen LogP contribution < -0.4 is 9.46 Å². The van der Waals surface area contributed by atoms with Crippen LogP contribution in [-0.2, 0) is 19.6 Å². The van der Waals surface area contributed by atoms with E-state index < -0.39 is 27.3 Å². The zero-order valence-corrected chi connectivity index (χ0v) is 16.5. The predicted molar refractivity (Wildman–Crippen MR) is 98.6 cm³/mol. The Morgan fingerprint density at radius 3 is 2.56 bits per heavy atom. The molecule has 8 nitrogen and oxygen atoms in total. The van der Waals surface area contributed by atoms with E-state index in [1.54, 1.807) is 32.0 Å². The van der Waals surface area contributed by atoms with Crippen molar-refractivity contribution in [2.24, 2.45) is 5.41 Å². The lowest BCUT2D eigenvalue weighted by molar-refractivity contribution is -0.132. The first kappa shape index (κ1) is 20.9. The van der Waals surface area contributed by atoms with Gasteiger partial charge in [0.2, 0.25) is 15.9 Å². The van der Waals surface area contributed by atoms with Gasteiger partial charge in [-0.25, -0.2) is 8.42 Å². The first-order valence-corrected chi connectivity index (χ1v) is 10.3. The highest BCUT2D eigenvalue weighted by Crippen LogP contribution is 2.32. The van der Waals surface area contributed by atoms with Crippen LogP contribution in [0.5, 0.6) is 5.75 Å². The van der Waals surface area contributed by atoms with Crippen molar-refractivity contribution < 1.29 is 27.5 Å². The van der Waals surface area contributed by atoms with Gasteiger partial charge in [0.25, 0.3) is 5.91 Å². The maximum Gasteiger partial charge on any atom is 0.308 e. The fourth-order valence-electron chi connectivity index (χ4n) is 2.96. The average molecular weight is 396 g/mol. The molecule has 1 aromatic rings. The van der Waals surface area contributed by atoms with Gasteiger partial charge in [0, 0.05) is 20.0 Å². The molecule has 2 rings (SSSR count). The summed E-state index contributed by atoms with van der Waals surface area (Å²) in [6, 6.07) is 6.37. The smallest absolute Gasteiger partial charge is 0.308 e. The second-order valence-corrected chi connectivity index (χ2v) is 8.72. The number of amides is 2. The van der Waals surface area contributed by atoms with Gasteiger partial charge in [-0.2, -0.15) is 0 Å². The molecule has 1 aliphatic rings. The highest BCUT2D eigenvalue weighted by Gasteiger charge is 2.43. The van der Waals surface area contributed by atoms with Crippen LogP contribution in [0.15, 0.2) is 24.3 Å². The van der Waals surface area contributed by atoms with Crippen LogP contribution in [-0.4, -0.2) is 49.9 Å². The molecule has 1 aliphatic heterocycles. The van der Waals surface area contributed by atoms with Crippen LogP contribution >= 0.6 is 0 Å². The molecule has 9 heteroatoms. The molecule has 2 amide bonds. The lowest BCUT2D eigenvalue weighted by atomic mass is 9.89. The third-order valence-corrected chi connectivity index (χ3v) is 5.84. The lowest BCUT2D eigenvalue weighted by Gasteiger charge is -2.24. The summed E-state index contributed by atoms with van der Waals surface area (Å²) in [7, 11) is -3.68. The number of carbonyl (C=O) groups is 3. The normalized spacial score (nSPS) is 19.6. The summed E-state index contributed by atoms with van der Waals surface area (Å²) in [5, 5.41) is 0. The van der Waals surface area contributed by atoms with Gasteiger partial charge in [-0.05, 0) is 31.9 Å². The first-order valence-electron chi connectivity index (χ1n) is 8.69. The maximum atomic E-state index is 12.8. The van der Waals surface area contributed by atoms with Gasteiger partial charge in [0.05, 0.1) is 16.7 Å². The summed E-state index contributed by atoms with van der Waals surface area (Å²) in [6.07, 6.45) is 0.735. The Balaban J connectivity index is 2.14. The number of sulfonamides is 1. The third-order valence-electron chi connectivity index (χ3n) is 4.40. The fourth-order valence-corrected chi connectivity index (χ4v) is 4.13. The van der Waals surface area contributed by atoms with Crippen molar-refractivity contribution in [3.63, 3.8) is 0 Å². The van der Waals surface area contributed by atoms with Crippen molar-refractivity contribution in [3.05, 3.63) is 29.8 Å². The molecule has 1 saturated heterocycles. The minimum atomic E-state index is -3.68. The van der Waals surface area contributed by atoms with Gasteiger partial charge in [-0.3, -0.25) is 19.1 Å². The minimum absolute atomic E-state index is 0.0771. The number of rotatable bonds is 6. The largest absolute Gasteiger partial charge is 0.426 e. The highest BCUT2D eigenvalue weighted by atomic mass is 32.2. The number of para-hydroxylation sites is 1. The zero-order chi connectivity index (χ0) is 20.2. The second kappa shape index (κ2) is 8.08. The predicted octanol–water partition coefficient (Wildman–Crippen LogP) is 1.32. The van der Waals surface area contributed by atoms with Crippen LogP contribution in [0.4, 0.5) is 0 Å². The van der Waals surface area contributed by atoms with Crippen LogP contribution in [0.2, 0.25) is 0 Å². The summed E-state index contributed by atoms with van der Waals surface area (Å²) in [5.41, 5.74) is -0.789. The fraction of sp³-hybridized carbons (Fsp3) is 0.500. The maximum absolute atomic E-state index is 12.8. The van der Waals surface area contributed by atoms with Gasteiger partial charge in [-0.1, -0.05) is 19.1 Å². The Bertz CT molecular complexity index is 851. The summed E-state index contributed by atoms with van der Waals surface area (Å²) >= 11 is 0. The summed E-state index contributed by atoms with van der Waals surface area (Å²) in [4.78, 5) is 38.0. The van der Waals surface area contributed by atoms with Gasteiger partial charge < -0.3 is 9.64 Å². The molecule has 1 unspecified atom stereocenters. The van der Waals surface area contributed by atoms with Crippen molar-refractivity contribution in [1.82, 2.24) is 9.62 Å². The van der Waals surface area contributed by atoms with Crippen LogP contribution in [0.25, 0.3) is 0 Å². The van der Waals surface area contributed by atoms with Crippen LogP contribution in [0, 0.1) is 5.41 Å². The van der Waals surface area contributed by atoms with Gasteiger partial charge >= 0.3 is 5.97 Å². The summed E-state index contributed by atoms with van der Waals surface area (Å²) in [6.45, 7) is 4.96. The molecule has 1 heterocycles. The molecular weight excluding hydrogens is 372 g/mol. The minimum Gasteiger partial charge on any atom is -0.426 e. The monoisotopic (exact) mass is 396 g/mol. The molecule has 0 aromatic heterocycles. The van der Waals surface area contributed by atoms with Crippen molar-refractivity contribution in [2.45, 2.75) is 33.6 Å². The Morgan fingerprint density at radius 2 is 1.93 bits per heavy atom.